The fraction of sp³-hybridized carbons (Fsp3) is 0.583. The van der Waals surface area contributed by atoms with E-state index in [9.17, 15) is 0 Å². The molecule has 1 aromatic heterocycles. The Morgan fingerprint density at radius 1 is 1.50 bits per heavy atom. The standard InChI is InChI=1S/C12H17ClN2O/c13-10-5-6-12(14-9-10)15-7-1-3-11(15)4-2-8-16/h5-6,9,11,16H,1-4,7-8H2. The van der Waals surface area contributed by atoms with Gasteiger partial charge in [0.25, 0.3) is 0 Å². The van der Waals surface area contributed by atoms with Crippen LogP contribution in [-0.4, -0.2) is 29.3 Å². The lowest BCUT2D eigenvalue weighted by molar-refractivity contribution is 0.279. The molecule has 0 amide bonds. The van der Waals surface area contributed by atoms with E-state index >= 15 is 0 Å². The Balaban J connectivity index is 2.04. The molecule has 16 heavy (non-hydrogen) atoms. The van der Waals surface area contributed by atoms with Crippen LogP contribution in [-0.2, 0) is 0 Å². The van der Waals surface area contributed by atoms with E-state index in [1.54, 1.807) is 6.20 Å². The molecule has 1 unspecified atom stereocenters. The maximum Gasteiger partial charge on any atom is 0.128 e. The fourth-order valence-corrected chi connectivity index (χ4v) is 2.41. The minimum atomic E-state index is 0.276. The molecule has 0 saturated carbocycles. The highest BCUT2D eigenvalue weighted by Crippen LogP contribution is 2.26. The second-order valence-corrected chi connectivity index (χ2v) is 4.63. The molecular formula is C12H17ClN2O. The number of pyridine rings is 1. The first-order valence-electron chi connectivity index (χ1n) is 5.80. The number of anilines is 1. The van der Waals surface area contributed by atoms with Crippen molar-refractivity contribution in [3.05, 3.63) is 23.4 Å². The molecule has 3 nitrogen and oxygen atoms in total. The lowest BCUT2D eigenvalue weighted by atomic mass is 10.1. The van der Waals surface area contributed by atoms with Crippen molar-refractivity contribution in [2.45, 2.75) is 31.7 Å². The van der Waals surface area contributed by atoms with Crippen molar-refractivity contribution < 1.29 is 5.11 Å². The SMILES string of the molecule is OCCCC1CCCN1c1ccc(Cl)cn1. The second kappa shape index (κ2) is 5.51. The highest BCUT2D eigenvalue weighted by molar-refractivity contribution is 6.30. The molecule has 1 aromatic rings. The van der Waals surface area contributed by atoms with Crippen molar-refractivity contribution in [3.8, 4) is 0 Å². The molecule has 4 heteroatoms. The Hall–Kier alpha value is -0.800. The zero-order chi connectivity index (χ0) is 11.4. The van der Waals surface area contributed by atoms with Gasteiger partial charge in [0.1, 0.15) is 5.82 Å². The Kier molecular flexibility index (Phi) is 4.02. The van der Waals surface area contributed by atoms with Gasteiger partial charge in [0.05, 0.1) is 5.02 Å². The maximum absolute atomic E-state index is 8.87. The smallest absolute Gasteiger partial charge is 0.128 e. The van der Waals surface area contributed by atoms with Crippen LogP contribution in [0.5, 0.6) is 0 Å². The summed E-state index contributed by atoms with van der Waals surface area (Å²) in [5.41, 5.74) is 0. The average molecular weight is 241 g/mol. The molecule has 1 atom stereocenters. The van der Waals surface area contributed by atoms with Gasteiger partial charge < -0.3 is 10.0 Å². The van der Waals surface area contributed by atoms with E-state index in [0.29, 0.717) is 11.1 Å². The van der Waals surface area contributed by atoms with Gasteiger partial charge in [0, 0.05) is 25.4 Å². The molecule has 1 saturated heterocycles. The fourth-order valence-electron chi connectivity index (χ4n) is 2.30. The normalized spacial score (nSPS) is 20.4. The molecule has 1 aliphatic heterocycles. The Labute approximate surface area is 101 Å². The lowest BCUT2D eigenvalue weighted by Crippen LogP contribution is -2.29. The van der Waals surface area contributed by atoms with E-state index in [-0.39, 0.29) is 6.61 Å². The van der Waals surface area contributed by atoms with Gasteiger partial charge in [-0.2, -0.15) is 0 Å². The van der Waals surface area contributed by atoms with Crippen LogP contribution in [0.3, 0.4) is 0 Å². The Morgan fingerprint density at radius 2 is 2.38 bits per heavy atom. The van der Waals surface area contributed by atoms with Crippen LogP contribution in [0.4, 0.5) is 5.82 Å². The number of aromatic nitrogens is 1. The number of hydrogen-bond donors (Lipinski definition) is 1. The van der Waals surface area contributed by atoms with Crippen LogP contribution >= 0.6 is 11.6 Å². The number of aliphatic hydroxyl groups is 1. The Bertz CT molecular complexity index is 328. The van der Waals surface area contributed by atoms with E-state index in [1.807, 2.05) is 12.1 Å². The van der Waals surface area contributed by atoms with Crippen molar-refractivity contribution in [1.82, 2.24) is 4.98 Å². The lowest BCUT2D eigenvalue weighted by Gasteiger charge is -2.25. The van der Waals surface area contributed by atoms with Crippen LogP contribution in [0, 0.1) is 0 Å². The average Bonchev–Trinajstić information content (AvgIpc) is 2.75. The molecule has 0 aromatic carbocycles. The third-order valence-corrected chi connectivity index (χ3v) is 3.30. The van der Waals surface area contributed by atoms with Gasteiger partial charge in [-0.25, -0.2) is 4.98 Å². The molecule has 88 valence electrons. The minimum Gasteiger partial charge on any atom is -0.396 e. The van der Waals surface area contributed by atoms with Gasteiger partial charge in [0.15, 0.2) is 0 Å². The van der Waals surface area contributed by atoms with Crippen molar-refractivity contribution in [3.63, 3.8) is 0 Å². The van der Waals surface area contributed by atoms with Crippen molar-refractivity contribution in [1.29, 1.82) is 0 Å². The summed E-state index contributed by atoms with van der Waals surface area (Å²) in [5, 5.41) is 9.54. The summed E-state index contributed by atoms with van der Waals surface area (Å²) in [4.78, 5) is 6.68. The van der Waals surface area contributed by atoms with Gasteiger partial charge >= 0.3 is 0 Å². The van der Waals surface area contributed by atoms with Crippen molar-refractivity contribution >= 4 is 17.4 Å². The number of halogens is 1. The van der Waals surface area contributed by atoms with Crippen LogP contribution in [0.1, 0.15) is 25.7 Å². The van der Waals surface area contributed by atoms with E-state index in [1.165, 1.54) is 12.8 Å². The van der Waals surface area contributed by atoms with Crippen molar-refractivity contribution in [2.75, 3.05) is 18.1 Å². The number of rotatable bonds is 4. The summed E-state index contributed by atoms with van der Waals surface area (Å²) >= 11 is 5.82. The molecule has 0 aliphatic carbocycles. The third-order valence-electron chi connectivity index (χ3n) is 3.08. The zero-order valence-corrected chi connectivity index (χ0v) is 10.0. The van der Waals surface area contributed by atoms with Crippen molar-refractivity contribution in [2.24, 2.45) is 0 Å². The highest BCUT2D eigenvalue weighted by Gasteiger charge is 2.24. The number of nitrogens with zero attached hydrogens (tertiary/aromatic N) is 2. The topological polar surface area (TPSA) is 36.4 Å². The molecular weight excluding hydrogens is 224 g/mol. The van der Waals surface area contributed by atoms with E-state index in [0.717, 1.165) is 25.2 Å². The monoisotopic (exact) mass is 240 g/mol. The van der Waals surface area contributed by atoms with Crippen LogP contribution in [0.15, 0.2) is 18.3 Å². The van der Waals surface area contributed by atoms with Gasteiger partial charge in [-0.1, -0.05) is 11.6 Å². The summed E-state index contributed by atoms with van der Waals surface area (Å²) in [7, 11) is 0. The summed E-state index contributed by atoms with van der Waals surface area (Å²) in [6, 6.07) is 4.38. The molecule has 1 fully saturated rings. The first kappa shape index (κ1) is 11.7. The zero-order valence-electron chi connectivity index (χ0n) is 9.27. The van der Waals surface area contributed by atoms with E-state index in [4.69, 9.17) is 16.7 Å². The molecule has 2 rings (SSSR count). The summed E-state index contributed by atoms with van der Waals surface area (Å²) in [5.74, 6) is 1.00. The molecule has 0 spiro atoms. The van der Waals surface area contributed by atoms with Gasteiger partial charge in [-0.3, -0.25) is 0 Å². The minimum absolute atomic E-state index is 0.276. The quantitative estimate of drug-likeness (QED) is 0.879. The van der Waals surface area contributed by atoms with Crippen LogP contribution in [0.25, 0.3) is 0 Å². The summed E-state index contributed by atoms with van der Waals surface area (Å²) < 4.78 is 0. The van der Waals surface area contributed by atoms with Crippen LogP contribution in [0.2, 0.25) is 5.02 Å². The molecule has 0 radical (unpaired) electrons. The summed E-state index contributed by atoms with van der Waals surface area (Å²) in [6.45, 7) is 1.34. The Morgan fingerprint density at radius 3 is 3.06 bits per heavy atom. The molecule has 2 heterocycles. The van der Waals surface area contributed by atoms with Gasteiger partial charge in [0.2, 0.25) is 0 Å². The molecule has 0 bridgehead atoms. The number of aliphatic hydroxyl groups excluding tert-OH is 1. The van der Waals surface area contributed by atoms with Gasteiger partial charge in [-0.05, 0) is 37.8 Å². The first-order valence-corrected chi connectivity index (χ1v) is 6.18. The predicted molar refractivity (Wildman–Crippen MR) is 65.9 cm³/mol. The number of hydrogen-bond acceptors (Lipinski definition) is 3. The third kappa shape index (κ3) is 2.66. The second-order valence-electron chi connectivity index (χ2n) is 4.19. The highest BCUT2D eigenvalue weighted by atomic mass is 35.5. The largest absolute Gasteiger partial charge is 0.396 e. The van der Waals surface area contributed by atoms with E-state index < -0.39 is 0 Å². The molecule has 1 N–H and O–H groups in total. The van der Waals surface area contributed by atoms with Crippen LogP contribution < -0.4 is 4.90 Å². The molecule has 1 aliphatic rings. The summed E-state index contributed by atoms with van der Waals surface area (Å²) in [6.07, 6.45) is 6.01. The first-order chi connectivity index (χ1) is 7.81. The predicted octanol–water partition coefficient (Wildman–Crippen LogP) is 2.48. The van der Waals surface area contributed by atoms with E-state index in [2.05, 4.69) is 9.88 Å². The maximum atomic E-state index is 8.87. The van der Waals surface area contributed by atoms with Gasteiger partial charge in [-0.15, -0.1) is 0 Å².